The van der Waals surface area contributed by atoms with Gasteiger partial charge in [-0.2, -0.15) is 0 Å². The predicted octanol–water partition coefficient (Wildman–Crippen LogP) is 0.868. The predicted molar refractivity (Wildman–Crippen MR) is 33.9 cm³/mol. The molecular weight excluding hydrogens is 134 g/mol. The van der Waals surface area contributed by atoms with E-state index in [0.717, 1.165) is 0 Å². The summed E-state index contributed by atoms with van der Waals surface area (Å²) in [7, 11) is 0. The molecule has 0 radical (unpaired) electrons. The molecule has 0 saturated carbocycles. The summed E-state index contributed by atoms with van der Waals surface area (Å²) in [5.74, 6) is -0.792. The number of ether oxygens (including phenoxy) is 1. The number of carbonyl (C=O) groups is 1. The number of nitrogens with zero attached hydrogens (tertiary/aromatic N) is 1. The van der Waals surface area contributed by atoms with Crippen molar-refractivity contribution < 1.29 is 14.6 Å². The summed E-state index contributed by atoms with van der Waals surface area (Å²) in [5.41, 5.74) is -0.401. The maximum Gasteiger partial charge on any atom is 0.339 e. The highest BCUT2D eigenvalue weighted by Gasteiger charge is 2.08. The molecule has 0 bridgehead atoms. The van der Waals surface area contributed by atoms with Gasteiger partial charge < -0.3 is 9.84 Å². The van der Waals surface area contributed by atoms with Crippen LogP contribution in [0.1, 0.15) is 6.92 Å². The Balaban J connectivity index is 4.08. The summed E-state index contributed by atoms with van der Waals surface area (Å²) in [6.07, 6.45) is 0.436. The highest BCUT2D eigenvalue weighted by atomic mass is 16.5. The SMILES string of the molecule is [C-]#[N+]/C(=C/O)C(=O)OCC. The average Bonchev–Trinajstić information content (AvgIpc) is 1.91. The second kappa shape index (κ2) is 4.39. The van der Waals surface area contributed by atoms with Crippen LogP contribution in [-0.2, 0) is 9.53 Å². The van der Waals surface area contributed by atoms with Gasteiger partial charge in [0.1, 0.15) is 0 Å². The lowest BCUT2D eigenvalue weighted by atomic mass is 10.5. The standard InChI is InChI=1S/C6H7NO3/c1-3-10-6(9)5(4-8)7-2/h4,8H,3H2,1H3/b5-4+. The molecule has 0 fully saturated rings. The minimum absolute atomic E-state index is 0.200. The van der Waals surface area contributed by atoms with Crippen LogP contribution in [-0.4, -0.2) is 17.7 Å². The van der Waals surface area contributed by atoms with Crippen LogP contribution in [0.3, 0.4) is 0 Å². The Kier molecular flexibility index (Phi) is 3.73. The van der Waals surface area contributed by atoms with Crippen molar-refractivity contribution in [1.29, 1.82) is 0 Å². The van der Waals surface area contributed by atoms with E-state index in [1.54, 1.807) is 6.92 Å². The van der Waals surface area contributed by atoms with Gasteiger partial charge in [-0.1, -0.05) is 0 Å². The Morgan fingerprint density at radius 3 is 2.80 bits per heavy atom. The number of carbonyl (C=O) groups excluding carboxylic acids is 1. The zero-order chi connectivity index (χ0) is 7.98. The molecule has 0 aromatic heterocycles. The molecule has 1 N–H and O–H groups in total. The molecule has 0 unspecified atom stereocenters. The molecule has 4 heteroatoms. The van der Waals surface area contributed by atoms with Gasteiger partial charge in [-0.15, -0.1) is 0 Å². The monoisotopic (exact) mass is 141 g/mol. The molecule has 0 aliphatic carbocycles. The van der Waals surface area contributed by atoms with E-state index in [0.29, 0.717) is 6.26 Å². The van der Waals surface area contributed by atoms with Gasteiger partial charge in [0, 0.05) is 0 Å². The van der Waals surface area contributed by atoms with Gasteiger partial charge in [0.2, 0.25) is 0 Å². The van der Waals surface area contributed by atoms with E-state index in [9.17, 15) is 4.79 Å². The second-order valence-electron chi connectivity index (χ2n) is 1.35. The van der Waals surface area contributed by atoms with Crippen molar-refractivity contribution in [3.05, 3.63) is 23.4 Å². The third kappa shape index (κ3) is 2.18. The van der Waals surface area contributed by atoms with E-state index < -0.39 is 11.7 Å². The van der Waals surface area contributed by atoms with Crippen LogP contribution in [0.4, 0.5) is 0 Å². The fourth-order valence-electron chi connectivity index (χ4n) is 0.332. The normalized spacial score (nSPS) is 10.2. The van der Waals surface area contributed by atoms with Crippen LogP contribution in [0, 0.1) is 6.57 Å². The van der Waals surface area contributed by atoms with Gasteiger partial charge in [0.15, 0.2) is 0 Å². The Bertz CT molecular complexity index is 190. The molecule has 0 aromatic carbocycles. The van der Waals surface area contributed by atoms with Crippen LogP contribution >= 0.6 is 0 Å². The number of aliphatic hydroxyl groups excluding tert-OH is 1. The van der Waals surface area contributed by atoms with E-state index in [4.69, 9.17) is 11.7 Å². The van der Waals surface area contributed by atoms with Crippen LogP contribution in [0.2, 0.25) is 0 Å². The van der Waals surface area contributed by atoms with Crippen molar-refractivity contribution in [3.8, 4) is 0 Å². The summed E-state index contributed by atoms with van der Waals surface area (Å²) < 4.78 is 4.40. The van der Waals surface area contributed by atoms with Gasteiger partial charge in [0.25, 0.3) is 0 Å². The van der Waals surface area contributed by atoms with Crippen molar-refractivity contribution in [2.45, 2.75) is 6.92 Å². The Morgan fingerprint density at radius 2 is 2.50 bits per heavy atom. The van der Waals surface area contributed by atoms with Gasteiger partial charge in [-0.05, 0) is 6.92 Å². The smallest absolute Gasteiger partial charge is 0.339 e. The van der Waals surface area contributed by atoms with E-state index in [1.807, 2.05) is 0 Å². The first-order chi connectivity index (χ1) is 4.76. The van der Waals surface area contributed by atoms with E-state index in [1.165, 1.54) is 0 Å². The van der Waals surface area contributed by atoms with Crippen molar-refractivity contribution in [2.24, 2.45) is 0 Å². The fraction of sp³-hybridized carbons (Fsp3) is 0.333. The number of hydrogen-bond donors (Lipinski definition) is 1. The van der Waals surface area contributed by atoms with Crippen molar-refractivity contribution in [1.82, 2.24) is 0 Å². The van der Waals surface area contributed by atoms with Crippen LogP contribution in [0.5, 0.6) is 0 Å². The third-order valence-corrected chi connectivity index (χ3v) is 0.727. The highest BCUT2D eigenvalue weighted by Crippen LogP contribution is 1.97. The molecule has 0 amide bonds. The molecule has 0 spiro atoms. The zero-order valence-electron chi connectivity index (χ0n) is 5.50. The van der Waals surface area contributed by atoms with Crippen LogP contribution in [0.15, 0.2) is 12.0 Å². The average molecular weight is 141 g/mol. The Hall–Kier alpha value is -1.50. The highest BCUT2D eigenvalue weighted by molar-refractivity contribution is 5.89. The molecule has 0 heterocycles. The largest absolute Gasteiger partial charge is 0.526 e. The number of rotatable bonds is 2. The first-order valence-corrected chi connectivity index (χ1v) is 2.65. The molecule has 0 rings (SSSR count). The van der Waals surface area contributed by atoms with Crippen molar-refractivity contribution >= 4 is 5.97 Å². The molecule has 10 heavy (non-hydrogen) atoms. The third-order valence-electron chi connectivity index (χ3n) is 0.727. The Morgan fingerprint density at radius 1 is 1.90 bits per heavy atom. The van der Waals surface area contributed by atoms with Crippen molar-refractivity contribution in [3.63, 3.8) is 0 Å². The maximum absolute atomic E-state index is 10.5. The molecule has 4 nitrogen and oxygen atoms in total. The Labute approximate surface area is 58.5 Å². The summed E-state index contributed by atoms with van der Waals surface area (Å²) in [4.78, 5) is 13.3. The van der Waals surface area contributed by atoms with Crippen molar-refractivity contribution in [2.75, 3.05) is 6.61 Å². The van der Waals surface area contributed by atoms with Crippen LogP contribution < -0.4 is 0 Å². The van der Waals surface area contributed by atoms with Gasteiger partial charge in [-0.3, -0.25) is 4.79 Å². The number of esters is 1. The minimum Gasteiger partial charge on any atom is -0.526 e. The quantitative estimate of drug-likeness (QED) is 0.268. The molecule has 0 aliphatic rings. The van der Waals surface area contributed by atoms with Gasteiger partial charge >= 0.3 is 11.7 Å². The summed E-state index contributed by atoms with van der Waals surface area (Å²) in [5, 5.41) is 8.25. The maximum atomic E-state index is 10.5. The molecule has 54 valence electrons. The van der Waals surface area contributed by atoms with E-state index in [-0.39, 0.29) is 6.61 Å². The lowest BCUT2D eigenvalue weighted by Crippen LogP contribution is -2.04. The summed E-state index contributed by atoms with van der Waals surface area (Å²) in [6, 6.07) is 0. The van der Waals surface area contributed by atoms with Crippen LogP contribution in [0.25, 0.3) is 4.85 Å². The number of aliphatic hydroxyl groups is 1. The van der Waals surface area contributed by atoms with Gasteiger partial charge in [0.05, 0.1) is 19.4 Å². The first-order valence-electron chi connectivity index (χ1n) is 2.65. The number of hydrogen-bond acceptors (Lipinski definition) is 3. The molecule has 0 saturated heterocycles. The van der Waals surface area contributed by atoms with E-state index in [2.05, 4.69) is 9.58 Å². The molecular formula is C6H7NO3. The molecule has 0 atom stereocenters. The molecule has 0 aliphatic heterocycles. The summed E-state index contributed by atoms with van der Waals surface area (Å²) >= 11 is 0. The zero-order valence-corrected chi connectivity index (χ0v) is 5.50. The first kappa shape index (κ1) is 8.50. The molecule has 0 aromatic rings. The van der Waals surface area contributed by atoms with E-state index >= 15 is 0 Å². The fourth-order valence-corrected chi connectivity index (χ4v) is 0.332. The topological polar surface area (TPSA) is 50.9 Å². The lowest BCUT2D eigenvalue weighted by molar-refractivity contribution is -0.138. The van der Waals surface area contributed by atoms with Gasteiger partial charge in [-0.25, -0.2) is 4.85 Å². The second-order valence-corrected chi connectivity index (χ2v) is 1.35. The summed E-state index contributed by atoms with van der Waals surface area (Å²) in [6.45, 7) is 8.19. The lowest BCUT2D eigenvalue weighted by Gasteiger charge is -1.96. The minimum atomic E-state index is -0.792.